The van der Waals surface area contributed by atoms with Crippen molar-refractivity contribution in [3.63, 3.8) is 0 Å². The summed E-state index contributed by atoms with van der Waals surface area (Å²) in [6, 6.07) is 5.22. The lowest BCUT2D eigenvalue weighted by molar-refractivity contribution is 0.0400. The lowest BCUT2D eigenvalue weighted by atomic mass is 9.90. The van der Waals surface area contributed by atoms with Gasteiger partial charge in [-0.3, -0.25) is 14.7 Å². The Morgan fingerprint density at radius 1 is 1.26 bits per heavy atom. The van der Waals surface area contributed by atoms with Gasteiger partial charge >= 0.3 is 0 Å². The average Bonchev–Trinajstić information content (AvgIpc) is 3.33. The van der Waals surface area contributed by atoms with Crippen LogP contribution in [0.3, 0.4) is 0 Å². The summed E-state index contributed by atoms with van der Waals surface area (Å²) >= 11 is 6.43. The summed E-state index contributed by atoms with van der Waals surface area (Å²) in [6.45, 7) is 7.76. The first-order valence-electron chi connectivity index (χ1n) is 11.1. The molecular formula is C22H27ClN6O2. The summed E-state index contributed by atoms with van der Waals surface area (Å²) < 4.78 is 5.68. The molecule has 0 spiro atoms. The zero-order chi connectivity index (χ0) is 21.5. The largest absolute Gasteiger partial charge is 0.337 e. The summed E-state index contributed by atoms with van der Waals surface area (Å²) in [5, 5.41) is 4.71. The molecule has 0 aliphatic carbocycles. The lowest BCUT2D eigenvalue weighted by Gasteiger charge is -2.45. The molecule has 1 aromatic heterocycles. The molecule has 3 atom stereocenters. The van der Waals surface area contributed by atoms with Gasteiger partial charge in [0.25, 0.3) is 11.8 Å². The molecule has 164 valence electrons. The fourth-order valence-corrected chi connectivity index (χ4v) is 5.19. The molecule has 1 saturated heterocycles. The summed E-state index contributed by atoms with van der Waals surface area (Å²) in [5.74, 6) is 1.18. The molecule has 0 bridgehead atoms. The zero-order valence-corrected chi connectivity index (χ0v) is 18.6. The van der Waals surface area contributed by atoms with Crippen LogP contribution in [0.4, 0.5) is 5.69 Å². The van der Waals surface area contributed by atoms with Gasteiger partial charge < -0.3 is 14.3 Å². The number of carbonyl (C=O) groups excluding carboxylic acids is 1. The topological polar surface area (TPSA) is 78.1 Å². The van der Waals surface area contributed by atoms with Gasteiger partial charge in [-0.05, 0) is 44.5 Å². The summed E-state index contributed by atoms with van der Waals surface area (Å²) in [6.07, 6.45) is 4.88. The van der Waals surface area contributed by atoms with Gasteiger partial charge in [-0.25, -0.2) is 0 Å². The minimum atomic E-state index is -0.308. The molecule has 0 radical (unpaired) electrons. The van der Waals surface area contributed by atoms with Gasteiger partial charge in [0.2, 0.25) is 0 Å². The second-order valence-electron chi connectivity index (χ2n) is 8.42. The van der Waals surface area contributed by atoms with Crippen LogP contribution < -0.4 is 4.90 Å². The Balaban J connectivity index is 1.44. The number of aliphatic imine (C=N–C) groups is 1. The number of nitrogens with zero attached hydrogens (tertiary/aromatic N) is 6. The van der Waals surface area contributed by atoms with Crippen LogP contribution in [0.15, 0.2) is 27.7 Å². The van der Waals surface area contributed by atoms with E-state index in [4.69, 9.17) is 26.1 Å². The predicted octanol–water partition coefficient (Wildman–Crippen LogP) is 3.53. The van der Waals surface area contributed by atoms with E-state index < -0.39 is 0 Å². The minimum absolute atomic E-state index is 0.0145. The van der Waals surface area contributed by atoms with Gasteiger partial charge in [-0.1, -0.05) is 36.7 Å². The highest BCUT2D eigenvalue weighted by molar-refractivity contribution is 6.35. The number of carbonyl (C=O) groups is 1. The van der Waals surface area contributed by atoms with E-state index in [9.17, 15) is 4.79 Å². The van der Waals surface area contributed by atoms with Crippen LogP contribution in [-0.4, -0.2) is 63.9 Å². The molecule has 3 aliphatic rings. The summed E-state index contributed by atoms with van der Waals surface area (Å²) in [4.78, 5) is 28.9. The van der Waals surface area contributed by atoms with Crippen molar-refractivity contribution in [3.05, 3.63) is 40.5 Å². The molecule has 31 heavy (non-hydrogen) atoms. The molecule has 5 rings (SSSR count). The summed E-state index contributed by atoms with van der Waals surface area (Å²) in [5.41, 5.74) is 1.34. The number of hydrogen-bond donors (Lipinski definition) is 0. The van der Waals surface area contributed by atoms with Crippen LogP contribution in [0.2, 0.25) is 5.02 Å². The number of rotatable bonds is 7. The van der Waals surface area contributed by atoms with Crippen molar-refractivity contribution in [2.24, 2.45) is 4.99 Å². The molecule has 3 aliphatic heterocycles. The standard InChI is InChI=1S/C22H27ClN6O2/c1-3-9-27(10-4-2)12-17-25-21(31-26-17)19-20-16-8-11-28(16)22(30)18-14(23)6-5-7-15(18)29(20)13-24-19/h5-7,13,16,19-20H,3-4,8-12H2,1-2H3. The Kier molecular flexibility index (Phi) is 5.44. The van der Waals surface area contributed by atoms with Gasteiger partial charge in [0.05, 0.1) is 41.2 Å². The van der Waals surface area contributed by atoms with Gasteiger partial charge in [0, 0.05) is 6.54 Å². The number of benzene rings is 1. The molecule has 3 unspecified atom stereocenters. The first kappa shape index (κ1) is 20.5. The predicted molar refractivity (Wildman–Crippen MR) is 119 cm³/mol. The molecule has 4 heterocycles. The van der Waals surface area contributed by atoms with Crippen molar-refractivity contribution in [1.82, 2.24) is 19.9 Å². The van der Waals surface area contributed by atoms with Crippen LogP contribution in [0.5, 0.6) is 0 Å². The maximum Gasteiger partial charge on any atom is 0.257 e. The number of anilines is 1. The Morgan fingerprint density at radius 3 is 2.77 bits per heavy atom. The number of fused-ring (bicyclic) bond motifs is 5. The van der Waals surface area contributed by atoms with Gasteiger partial charge in [-0.15, -0.1) is 0 Å². The highest BCUT2D eigenvalue weighted by Crippen LogP contribution is 2.44. The van der Waals surface area contributed by atoms with E-state index >= 15 is 0 Å². The van der Waals surface area contributed by atoms with Gasteiger partial charge in [0.15, 0.2) is 11.9 Å². The lowest BCUT2D eigenvalue weighted by Crippen LogP contribution is -2.59. The molecular weight excluding hydrogens is 416 g/mol. The van der Waals surface area contributed by atoms with E-state index in [0.717, 1.165) is 44.6 Å². The molecule has 0 saturated carbocycles. The average molecular weight is 443 g/mol. The van der Waals surface area contributed by atoms with E-state index in [-0.39, 0.29) is 24.0 Å². The maximum atomic E-state index is 13.2. The monoisotopic (exact) mass is 442 g/mol. The number of halogens is 1. The Labute approximate surface area is 186 Å². The maximum absolute atomic E-state index is 13.2. The highest BCUT2D eigenvalue weighted by Gasteiger charge is 2.52. The molecule has 1 aromatic carbocycles. The molecule has 8 nitrogen and oxygen atoms in total. The molecule has 1 fully saturated rings. The van der Waals surface area contributed by atoms with Crippen molar-refractivity contribution in [2.45, 2.75) is 57.8 Å². The fraction of sp³-hybridized carbons (Fsp3) is 0.545. The summed E-state index contributed by atoms with van der Waals surface area (Å²) in [7, 11) is 0. The SMILES string of the molecule is CCCN(CCC)Cc1noc(C2N=CN3c4cccc(Cl)c4C(=O)N4CCC4C23)n1. The Morgan fingerprint density at radius 2 is 2.06 bits per heavy atom. The first-order valence-corrected chi connectivity index (χ1v) is 11.5. The van der Waals surface area contributed by atoms with Crippen LogP contribution in [0, 0.1) is 0 Å². The molecule has 2 aromatic rings. The van der Waals surface area contributed by atoms with Crippen molar-refractivity contribution in [2.75, 3.05) is 24.5 Å². The van der Waals surface area contributed by atoms with Crippen molar-refractivity contribution in [3.8, 4) is 0 Å². The third-order valence-electron chi connectivity index (χ3n) is 6.38. The zero-order valence-electron chi connectivity index (χ0n) is 17.9. The fourth-order valence-electron chi connectivity index (χ4n) is 4.94. The second-order valence-corrected chi connectivity index (χ2v) is 8.83. The van der Waals surface area contributed by atoms with Crippen LogP contribution in [-0.2, 0) is 6.54 Å². The van der Waals surface area contributed by atoms with E-state index in [2.05, 4.69) is 28.8 Å². The second kappa shape index (κ2) is 8.24. The first-order chi connectivity index (χ1) is 15.1. The molecule has 1 amide bonds. The molecule has 0 N–H and O–H groups in total. The van der Waals surface area contributed by atoms with E-state index in [0.29, 0.717) is 28.8 Å². The van der Waals surface area contributed by atoms with Crippen molar-refractivity contribution < 1.29 is 9.32 Å². The van der Waals surface area contributed by atoms with Crippen LogP contribution in [0.25, 0.3) is 0 Å². The van der Waals surface area contributed by atoms with E-state index in [1.54, 1.807) is 12.4 Å². The number of amides is 1. The third-order valence-corrected chi connectivity index (χ3v) is 6.70. The van der Waals surface area contributed by atoms with Crippen LogP contribution >= 0.6 is 11.6 Å². The number of aromatic nitrogens is 2. The van der Waals surface area contributed by atoms with Crippen LogP contribution in [0.1, 0.15) is 61.2 Å². The highest BCUT2D eigenvalue weighted by atomic mass is 35.5. The number of hydrogen-bond acceptors (Lipinski definition) is 7. The Bertz CT molecular complexity index is 1000. The van der Waals surface area contributed by atoms with Gasteiger partial charge in [0.1, 0.15) is 0 Å². The van der Waals surface area contributed by atoms with Crippen molar-refractivity contribution >= 4 is 29.5 Å². The normalized spacial score (nSPS) is 24.1. The smallest absolute Gasteiger partial charge is 0.257 e. The third kappa shape index (κ3) is 3.42. The molecule has 9 heteroatoms. The Hall–Kier alpha value is -2.45. The van der Waals surface area contributed by atoms with E-state index in [1.165, 1.54) is 0 Å². The van der Waals surface area contributed by atoms with Gasteiger partial charge in [-0.2, -0.15) is 4.98 Å². The van der Waals surface area contributed by atoms with Crippen molar-refractivity contribution in [1.29, 1.82) is 0 Å². The minimum Gasteiger partial charge on any atom is -0.337 e. The van der Waals surface area contributed by atoms with E-state index in [1.807, 2.05) is 17.0 Å². The quantitative estimate of drug-likeness (QED) is 0.652.